The van der Waals surface area contributed by atoms with Crippen LogP contribution in [-0.4, -0.2) is 22.6 Å². The van der Waals surface area contributed by atoms with Crippen LogP contribution in [0, 0.1) is 0 Å². The molecule has 1 N–H and O–H groups in total. The number of aromatic nitrogens is 2. The normalized spacial score (nSPS) is 10.8. The first-order chi connectivity index (χ1) is 10.1. The summed E-state index contributed by atoms with van der Waals surface area (Å²) in [6.45, 7) is 2.56. The molecule has 0 fully saturated rings. The summed E-state index contributed by atoms with van der Waals surface area (Å²) < 4.78 is 6.51. The number of rotatable bonds is 5. The zero-order valence-electron chi connectivity index (χ0n) is 11.7. The predicted octanol–water partition coefficient (Wildman–Crippen LogP) is 2.28. The van der Waals surface area contributed by atoms with Crippen molar-refractivity contribution in [1.82, 2.24) is 9.78 Å². The molecule has 0 unspecified atom stereocenters. The standard InChI is InChI=1S/C14H15ClN4O2/c1-3-21-11-6-4-10(5-7-11)8-16-18-12-9-17-19(2)14(20)13(12)15/h4-9,18H,3H2,1-2H3/b16-8-. The quantitative estimate of drug-likeness (QED) is 0.679. The summed E-state index contributed by atoms with van der Waals surface area (Å²) in [5, 5.41) is 7.95. The minimum absolute atomic E-state index is 0.0522. The minimum Gasteiger partial charge on any atom is -0.494 e. The van der Waals surface area contributed by atoms with E-state index in [0.29, 0.717) is 12.3 Å². The Morgan fingerprint density at radius 1 is 1.43 bits per heavy atom. The molecular weight excluding hydrogens is 292 g/mol. The lowest BCUT2D eigenvalue weighted by Crippen LogP contribution is -2.20. The van der Waals surface area contributed by atoms with Gasteiger partial charge < -0.3 is 4.74 Å². The van der Waals surface area contributed by atoms with Crippen molar-refractivity contribution in [3.8, 4) is 5.75 Å². The predicted molar refractivity (Wildman–Crippen MR) is 83.3 cm³/mol. The van der Waals surface area contributed by atoms with Crippen molar-refractivity contribution >= 4 is 23.5 Å². The maximum absolute atomic E-state index is 11.6. The van der Waals surface area contributed by atoms with E-state index in [-0.39, 0.29) is 10.6 Å². The highest BCUT2D eigenvalue weighted by Crippen LogP contribution is 2.15. The third kappa shape index (κ3) is 3.82. The fourth-order valence-corrected chi connectivity index (χ4v) is 1.80. The van der Waals surface area contributed by atoms with E-state index >= 15 is 0 Å². The highest BCUT2D eigenvalue weighted by atomic mass is 35.5. The third-order valence-electron chi connectivity index (χ3n) is 2.67. The van der Waals surface area contributed by atoms with E-state index in [1.165, 1.54) is 13.2 Å². The molecule has 1 heterocycles. The molecule has 21 heavy (non-hydrogen) atoms. The second-order valence-electron chi connectivity index (χ2n) is 4.17. The Morgan fingerprint density at radius 2 is 2.14 bits per heavy atom. The zero-order valence-corrected chi connectivity index (χ0v) is 12.5. The minimum atomic E-state index is -0.377. The number of halogens is 1. The summed E-state index contributed by atoms with van der Waals surface area (Å²) >= 11 is 5.91. The summed E-state index contributed by atoms with van der Waals surface area (Å²) in [6, 6.07) is 7.47. The van der Waals surface area contributed by atoms with Crippen LogP contribution in [0.1, 0.15) is 12.5 Å². The van der Waals surface area contributed by atoms with Crippen molar-refractivity contribution in [3.63, 3.8) is 0 Å². The fourth-order valence-electron chi connectivity index (χ4n) is 1.58. The van der Waals surface area contributed by atoms with Gasteiger partial charge >= 0.3 is 0 Å². The van der Waals surface area contributed by atoms with E-state index in [4.69, 9.17) is 16.3 Å². The van der Waals surface area contributed by atoms with E-state index in [1.54, 1.807) is 6.21 Å². The fraction of sp³-hybridized carbons (Fsp3) is 0.214. The van der Waals surface area contributed by atoms with Gasteiger partial charge in [-0.05, 0) is 36.8 Å². The molecule has 0 aliphatic rings. The molecule has 0 amide bonds. The Balaban J connectivity index is 2.05. The summed E-state index contributed by atoms with van der Waals surface area (Å²) in [7, 11) is 1.53. The Morgan fingerprint density at radius 3 is 2.81 bits per heavy atom. The number of nitrogens with zero attached hydrogens (tertiary/aromatic N) is 3. The smallest absolute Gasteiger partial charge is 0.287 e. The van der Waals surface area contributed by atoms with Crippen LogP contribution in [0.2, 0.25) is 5.02 Å². The molecule has 2 aromatic rings. The van der Waals surface area contributed by atoms with Gasteiger partial charge in [-0.2, -0.15) is 10.2 Å². The maximum atomic E-state index is 11.6. The van der Waals surface area contributed by atoms with Crippen LogP contribution in [0.15, 0.2) is 40.4 Å². The molecule has 0 bridgehead atoms. The van der Waals surface area contributed by atoms with Crippen molar-refractivity contribution in [2.45, 2.75) is 6.92 Å². The SMILES string of the molecule is CCOc1ccc(/C=N\Nc2cnn(C)c(=O)c2Cl)cc1. The molecule has 0 aliphatic carbocycles. The second kappa shape index (κ2) is 6.90. The van der Waals surface area contributed by atoms with E-state index in [9.17, 15) is 4.79 Å². The number of benzene rings is 1. The number of ether oxygens (including phenoxy) is 1. The van der Waals surface area contributed by atoms with Crippen LogP contribution in [0.25, 0.3) is 0 Å². The van der Waals surface area contributed by atoms with Crippen LogP contribution in [0.3, 0.4) is 0 Å². The van der Waals surface area contributed by atoms with Crippen molar-refractivity contribution < 1.29 is 4.74 Å². The lowest BCUT2D eigenvalue weighted by molar-refractivity contribution is 0.340. The summed E-state index contributed by atoms with van der Waals surface area (Å²) in [6.07, 6.45) is 3.06. The number of anilines is 1. The van der Waals surface area contributed by atoms with Gasteiger partial charge in [-0.25, -0.2) is 4.68 Å². The highest BCUT2D eigenvalue weighted by Gasteiger charge is 2.05. The van der Waals surface area contributed by atoms with E-state index < -0.39 is 0 Å². The van der Waals surface area contributed by atoms with Gasteiger partial charge in [-0.3, -0.25) is 10.2 Å². The van der Waals surface area contributed by atoms with Gasteiger partial charge in [0.15, 0.2) is 0 Å². The Hall–Kier alpha value is -2.34. The van der Waals surface area contributed by atoms with Crippen molar-refractivity contribution in [1.29, 1.82) is 0 Å². The van der Waals surface area contributed by atoms with Gasteiger partial charge in [0.1, 0.15) is 16.5 Å². The molecule has 0 spiro atoms. The van der Waals surface area contributed by atoms with Crippen molar-refractivity contribution in [2.24, 2.45) is 12.1 Å². The molecule has 0 saturated carbocycles. The van der Waals surface area contributed by atoms with E-state index in [2.05, 4.69) is 15.6 Å². The molecular formula is C14H15ClN4O2. The Bertz CT molecular complexity index is 695. The van der Waals surface area contributed by atoms with Gasteiger partial charge in [-0.15, -0.1) is 0 Å². The molecule has 1 aromatic carbocycles. The number of hydrogen-bond acceptors (Lipinski definition) is 5. The Labute approximate surface area is 127 Å². The van der Waals surface area contributed by atoms with E-state index in [0.717, 1.165) is 16.0 Å². The lowest BCUT2D eigenvalue weighted by Gasteiger charge is -2.04. The molecule has 0 atom stereocenters. The van der Waals surface area contributed by atoms with E-state index in [1.807, 2.05) is 31.2 Å². The summed E-state index contributed by atoms with van der Waals surface area (Å²) in [4.78, 5) is 11.6. The van der Waals surface area contributed by atoms with Gasteiger partial charge in [0.2, 0.25) is 0 Å². The first-order valence-electron chi connectivity index (χ1n) is 6.35. The number of nitrogens with one attached hydrogen (secondary N) is 1. The number of hydrazone groups is 1. The van der Waals surface area contributed by atoms with Crippen molar-refractivity contribution in [3.05, 3.63) is 51.4 Å². The topological polar surface area (TPSA) is 68.5 Å². The average Bonchev–Trinajstić information content (AvgIpc) is 2.49. The first-order valence-corrected chi connectivity index (χ1v) is 6.73. The van der Waals surface area contributed by atoms with Gasteiger partial charge in [0, 0.05) is 7.05 Å². The van der Waals surface area contributed by atoms with Crippen LogP contribution in [-0.2, 0) is 7.05 Å². The molecule has 6 nitrogen and oxygen atoms in total. The molecule has 0 saturated heterocycles. The van der Waals surface area contributed by atoms with Gasteiger partial charge in [0.05, 0.1) is 19.0 Å². The lowest BCUT2D eigenvalue weighted by atomic mass is 10.2. The summed E-state index contributed by atoms with van der Waals surface area (Å²) in [5.74, 6) is 0.807. The first kappa shape index (κ1) is 15.1. The van der Waals surface area contributed by atoms with Crippen LogP contribution in [0.4, 0.5) is 5.69 Å². The second-order valence-corrected chi connectivity index (χ2v) is 4.55. The maximum Gasteiger partial charge on any atom is 0.287 e. The van der Waals surface area contributed by atoms with Gasteiger partial charge in [-0.1, -0.05) is 11.6 Å². The summed E-state index contributed by atoms with van der Waals surface area (Å²) in [5.41, 5.74) is 3.57. The largest absolute Gasteiger partial charge is 0.494 e. The number of hydrogen-bond donors (Lipinski definition) is 1. The average molecular weight is 307 g/mol. The Kier molecular flexibility index (Phi) is 4.94. The molecule has 7 heteroatoms. The molecule has 2 rings (SSSR count). The van der Waals surface area contributed by atoms with Crippen molar-refractivity contribution in [2.75, 3.05) is 12.0 Å². The van der Waals surface area contributed by atoms with Crippen LogP contribution in [0.5, 0.6) is 5.75 Å². The highest BCUT2D eigenvalue weighted by molar-refractivity contribution is 6.32. The molecule has 0 aliphatic heterocycles. The molecule has 110 valence electrons. The number of aryl methyl sites for hydroxylation is 1. The monoisotopic (exact) mass is 306 g/mol. The van der Waals surface area contributed by atoms with Gasteiger partial charge in [0.25, 0.3) is 5.56 Å². The van der Waals surface area contributed by atoms with Crippen LogP contribution >= 0.6 is 11.6 Å². The third-order valence-corrected chi connectivity index (χ3v) is 3.03. The molecule has 1 aromatic heterocycles. The van der Waals surface area contributed by atoms with Crippen LogP contribution < -0.4 is 15.7 Å². The zero-order chi connectivity index (χ0) is 15.2. The molecule has 0 radical (unpaired) electrons.